The summed E-state index contributed by atoms with van der Waals surface area (Å²) in [5, 5.41) is 0. The molecule has 0 rings (SSSR count). The van der Waals surface area contributed by atoms with E-state index in [9.17, 15) is 4.79 Å². The molecule has 0 amide bonds. The van der Waals surface area contributed by atoms with Crippen LogP contribution in [0.25, 0.3) is 0 Å². The molecule has 12 heavy (non-hydrogen) atoms. The third-order valence-corrected chi connectivity index (χ3v) is 1.76. The first-order chi connectivity index (χ1) is 5.61. The number of hydrogen-bond donors (Lipinski definition) is 0. The van der Waals surface area contributed by atoms with Crippen molar-refractivity contribution in [2.24, 2.45) is 0 Å². The Kier molecular flexibility index (Phi) is 5.37. The van der Waals surface area contributed by atoms with Gasteiger partial charge in [-0.05, 0) is 20.5 Å². The Hall–Kier alpha value is -0.830. The molecule has 0 aromatic carbocycles. The van der Waals surface area contributed by atoms with Gasteiger partial charge in [-0.25, -0.2) is 4.79 Å². The van der Waals surface area contributed by atoms with Crippen LogP contribution in [0.3, 0.4) is 0 Å². The quantitative estimate of drug-likeness (QED) is 0.468. The molecule has 0 heterocycles. The minimum absolute atomic E-state index is 0.250. The Bertz CT molecular complexity index is 175. The van der Waals surface area contributed by atoms with E-state index < -0.39 is 0 Å². The molecule has 0 aliphatic heterocycles. The number of ether oxygens (including phenoxy) is 1. The van der Waals surface area contributed by atoms with E-state index in [1.54, 1.807) is 6.92 Å². The Balaban J connectivity index is 3.91. The van der Waals surface area contributed by atoms with E-state index in [0.717, 1.165) is 13.1 Å². The van der Waals surface area contributed by atoms with Crippen LogP contribution >= 0.6 is 0 Å². The predicted octanol–water partition coefficient (Wildman–Crippen LogP) is 1.06. The highest BCUT2D eigenvalue weighted by Gasteiger charge is 2.01. The van der Waals surface area contributed by atoms with Gasteiger partial charge in [-0.3, -0.25) is 0 Å². The Morgan fingerprint density at radius 3 is 2.58 bits per heavy atom. The maximum Gasteiger partial charge on any atom is 0.333 e. The fraction of sp³-hybridized carbons (Fsp3) is 0.667. The van der Waals surface area contributed by atoms with Crippen LogP contribution in [0, 0.1) is 0 Å². The summed E-state index contributed by atoms with van der Waals surface area (Å²) in [4.78, 5) is 13.0. The lowest BCUT2D eigenvalue weighted by molar-refractivity contribution is -0.136. The van der Waals surface area contributed by atoms with E-state index >= 15 is 0 Å². The molecule has 0 aromatic heterocycles. The van der Waals surface area contributed by atoms with Gasteiger partial charge in [-0.1, -0.05) is 13.0 Å². The van der Waals surface area contributed by atoms with Gasteiger partial charge in [-0.15, -0.1) is 0 Å². The van der Waals surface area contributed by atoms with Crippen molar-refractivity contribution in [3.63, 3.8) is 0 Å². The van der Waals surface area contributed by atoms with Crippen molar-refractivity contribution < 1.29 is 9.53 Å². The lowest BCUT2D eigenvalue weighted by atomic mass is 10.3. The maximum absolute atomic E-state index is 10.9. The summed E-state index contributed by atoms with van der Waals surface area (Å²) in [6.45, 7) is 5.60. The summed E-state index contributed by atoms with van der Waals surface area (Å²) < 4.78 is 4.55. The topological polar surface area (TPSA) is 29.5 Å². The van der Waals surface area contributed by atoms with Crippen molar-refractivity contribution in [2.45, 2.75) is 13.8 Å². The number of carbonyl (C=O) groups excluding carboxylic acids is 1. The Labute approximate surface area is 74.0 Å². The van der Waals surface area contributed by atoms with Crippen molar-refractivity contribution in [2.75, 3.05) is 27.2 Å². The fourth-order valence-electron chi connectivity index (χ4n) is 0.666. The van der Waals surface area contributed by atoms with Crippen LogP contribution in [0.4, 0.5) is 0 Å². The van der Waals surface area contributed by atoms with Crippen LogP contribution in [0.15, 0.2) is 11.6 Å². The molecule has 70 valence electrons. The van der Waals surface area contributed by atoms with Gasteiger partial charge in [0.05, 0.1) is 7.11 Å². The second kappa shape index (κ2) is 5.77. The normalized spacial score (nSPS) is 11.9. The largest absolute Gasteiger partial charge is 0.466 e. The molecule has 0 saturated carbocycles. The molecule has 3 heteroatoms. The Morgan fingerprint density at radius 2 is 2.17 bits per heavy atom. The van der Waals surface area contributed by atoms with Crippen LogP contribution in [-0.4, -0.2) is 38.1 Å². The molecule has 0 saturated heterocycles. The highest BCUT2D eigenvalue weighted by molar-refractivity contribution is 5.87. The van der Waals surface area contributed by atoms with Crippen LogP contribution in [0.5, 0.6) is 0 Å². The minimum Gasteiger partial charge on any atom is -0.466 e. The molecule has 0 aliphatic rings. The van der Waals surface area contributed by atoms with Gasteiger partial charge >= 0.3 is 5.97 Å². The summed E-state index contributed by atoms with van der Waals surface area (Å²) in [5.41, 5.74) is 0.665. The van der Waals surface area contributed by atoms with E-state index in [0.29, 0.717) is 5.57 Å². The second-order valence-corrected chi connectivity index (χ2v) is 2.73. The zero-order chi connectivity index (χ0) is 9.56. The van der Waals surface area contributed by atoms with E-state index in [1.807, 2.05) is 13.1 Å². The van der Waals surface area contributed by atoms with Crippen molar-refractivity contribution in [3.8, 4) is 0 Å². The Morgan fingerprint density at radius 1 is 1.58 bits per heavy atom. The molecule has 0 aromatic rings. The van der Waals surface area contributed by atoms with Crippen molar-refractivity contribution in [3.05, 3.63) is 11.6 Å². The fourth-order valence-corrected chi connectivity index (χ4v) is 0.666. The lowest BCUT2D eigenvalue weighted by Gasteiger charge is -2.10. The van der Waals surface area contributed by atoms with Gasteiger partial charge in [0.25, 0.3) is 0 Å². The third kappa shape index (κ3) is 4.13. The van der Waals surface area contributed by atoms with Gasteiger partial charge in [0, 0.05) is 12.1 Å². The van der Waals surface area contributed by atoms with Gasteiger partial charge in [0.15, 0.2) is 0 Å². The number of carbonyl (C=O) groups is 1. The molecule has 0 unspecified atom stereocenters. The minimum atomic E-state index is -0.250. The first-order valence-corrected chi connectivity index (χ1v) is 4.05. The highest BCUT2D eigenvalue weighted by atomic mass is 16.5. The number of esters is 1. The molecule has 0 aliphatic carbocycles. The molecule has 0 N–H and O–H groups in total. The summed E-state index contributed by atoms with van der Waals surface area (Å²) in [6.07, 6.45) is 1.87. The zero-order valence-corrected chi connectivity index (χ0v) is 8.26. The van der Waals surface area contributed by atoms with Crippen molar-refractivity contribution in [1.29, 1.82) is 0 Å². The van der Waals surface area contributed by atoms with E-state index in [2.05, 4.69) is 16.6 Å². The third-order valence-electron chi connectivity index (χ3n) is 1.76. The first-order valence-electron chi connectivity index (χ1n) is 4.05. The van der Waals surface area contributed by atoms with E-state index in [-0.39, 0.29) is 5.97 Å². The van der Waals surface area contributed by atoms with Gasteiger partial charge in [-0.2, -0.15) is 0 Å². The summed E-state index contributed by atoms with van der Waals surface area (Å²) in [7, 11) is 3.39. The second-order valence-electron chi connectivity index (χ2n) is 2.73. The monoisotopic (exact) mass is 171 g/mol. The van der Waals surface area contributed by atoms with Gasteiger partial charge in [0.1, 0.15) is 0 Å². The summed E-state index contributed by atoms with van der Waals surface area (Å²) in [6, 6.07) is 0. The number of likely N-dealkylation sites (N-methyl/N-ethyl adjacent to an activating group) is 1. The first kappa shape index (κ1) is 11.2. The smallest absolute Gasteiger partial charge is 0.333 e. The predicted molar refractivity (Wildman–Crippen MR) is 48.9 cm³/mol. The van der Waals surface area contributed by atoms with Crippen LogP contribution in [-0.2, 0) is 9.53 Å². The number of hydrogen-bond acceptors (Lipinski definition) is 3. The standard InChI is InChI=1S/C9H17NO2/c1-5-10(3)7-6-8(2)9(11)12-4/h6H,5,7H2,1-4H3. The highest BCUT2D eigenvalue weighted by Crippen LogP contribution is 1.95. The van der Waals surface area contributed by atoms with Crippen LogP contribution in [0.2, 0.25) is 0 Å². The summed E-state index contributed by atoms with van der Waals surface area (Å²) in [5.74, 6) is -0.250. The average molecular weight is 171 g/mol. The number of rotatable bonds is 4. The van der Waals surface area contributed by atoms with Crippen LogP contribution in [0.1, 0.15) is 13.8 Å². The molecule has 3 nitrogen and oxygen atoms in total. The molecule has 0 radical (unpaired) electrons. The molecule has 0 fully saturated rings. The summed E-state index contributed by atoms with van der Waals surface area (Å²) >= 11 is 0. The van der Waals surface area contributed by atoms with Crippen molar-refractivity contribution in [1.82, 2.24) is 4.90 Å². The van der Waals surface area contributed by atoms with E-state index in [4.69, 9.17) is 0 Å². The SMILES string of the molecule is CCN(C)CC=C(C)C(=O)OC. The maximum atomic E-state index is 10.9. The number of methoxy groups -OCH3 is 1. The molecule has 0 spiro atoms. The molecule has 0 atom stereocenters. The molecule has 0 bridgehead atoms. The van der Waals surface area contributed by atoms with Crippen molar-refractivity contribution >= 4 is 5.97 Å². The zero-order valence-electron chi connectivity index (χ0n) is 8.26. The molecular formula is C9H17NO2. The number of nitrogens with zero attached hydrogens (tertiary/aromatic N) is 1. The van der Waals surface area contributed by atoms with Crippen LogP contribution < -0.4 is 0 Å². The molecular weight excluding hydrogens is 154 g/mol. The average Bonchev–Trinajstić information content (AvgIpc) is 2.11. The van der Waals surface area contributed by atoms with E-state index in [1.165, 1.54) is 7.11 Å². The van der Waals surface area contributed by atoms with Gasteiger partial charge in [0.2, 0.25) is 0 Å². The van der Waals surface area contributed by atoms with Gasteiger partial charge < -0.3 is 9.64 Å². The lowest BCUT2D eigenvalue weighted by Crippen LogP contribution is -2.18.